The predicted octanol–water partition coefficient (Wildman–Crippen LogP) is 2.77. The van der Waals surface area contributed by atoms with Crippen molar-refractivity contribution in [2.24, 2.45) is 0 Å². The second-order valence-electron chi connectivity index (χ2n) is 2.91. The number of nitrogens with one attached hydrogen (secondary N) is 1. The summed E-state index contributed by atoms with van der Waals surface area (Å²) in [4.78, 5) is 4.24. The summed E-state index contributed by atoms with van der Waals surface area (Å²) >= 11 is 1.83. The second kappa shape index (κ2) is 5.86. The first-order valence-corrected chi connectivity index (χ1v) is 5.94. The van der Waals surface area contributed by atoms with Crippen LogP contribution in [0, 0.1) is 0 Å². The van der Waals surface area contributed by atoms with E-state index in [0.717, 1.165) is 24.5 Å². The van der Waals surface area contributed by atoms with Crippen LogP contribution in [0.2, 0.25) is 0 Å². The lowest BCUT2D eigenvalue weighted by molar-refractivity contribution is 0.968. The molecule has 1 heterocycles. The van der Waals surface area contributed by atoms with Crippen LogP contribution in [0.1, 0.15) is 18.9 Å². The van der Waals surface area contributed by atoms with E-state index in [1.807, 2.05) is 18.0 Å². The summed E-state index contributed by atoms with van der Waals surface area (Å²) in [7, 11) is 0. The number of hydrogen-bond acceptors (Lipinski definition) is 3. The normalized spacial score (nSPS) is 10.0. The van der Waals surface area contributed by atoms with Crippen LogP contribution in [0.4, 0.5) is 5.82 Å². The van der Waals surface area contributed by atoms with E-state index < -0.39 is 0 Å². The second-order valence-corrected chi connectivity index (χ2v) is 3.78. The minimum absolute atomic E-state index is 0.994. The Bertz CT molecular complexity index is 250. The molecule has 0 aliphatic heterocycles. The predicted molar refractivity (Wildman–Crippen MR) is 60.2 cm³/mol. The van der Waals surface area contributed by atoms with E-state index in [2.05, 4.69) is 35.6 Å². The Morgan fingerprint density at radius 3 is 3.08 bits per heavy atom. The molecule has 0 unspecified atom stereocenters. The first-order valence-electron chi connectivity index (χ1n) is 4.54. The van der Waals surface area contributed by atoms with Crippen molar-refractivity contribution in [1.29, 1.82) is 0 Å². The smallest absolute Gasteiger partial charge is 0.126 e. The fraction of sp³-hybridized carbons (Fsp3) is 0.500. The van der Waals surface area contributed by atoms with Crippen molar-refractivity contribution in [3.05, 3.63) is 23.9 Å². The molecule has 1 rings (SSSR count). The summed E-state index contributed by atoms with van der Waals surface area (Å²) in [6.45, 7) is 3.15. The molecule has 0 bridgehead atoms. The minimum Gasteiger partial charge on any atom is -0.370 e. The van der Waals surface area contributed by atoms with Gasteiger partial charge in [0.15, 0.2) is 0 Å². The molecule has 0 aliphatic rings. The summed E-state index contributed by atoms with van der Waals surface area (Å²) in [6, 6.07) is 4.18. The maximum atomic E-state index is 4.24. The highest BCUT2D eigenvalue weighted by molar-refractivity contribution is 7.97. The van der Waals surface area contributed by atoms with Crippen molar-refractivity contribution in [2.45, 2.75) is 19.1 Å². The zero-order valence-electron chi connectivity index (χ0n) is 8.21. The Labute approximate surface area is 84.1 Å². The van der Waals surface area contributed by atoms with Crippen molar-refractivity contribution < 1.29 is 0 Å². The molecule has 0 spiro atoms. The molecule has 0 saturated heterocycles. The van der Waals surface area contributed by atoms with E-state index in [0.29, 0.717) is 0 Å². The zero-order chi connectivity index (χ0) is 9.52. The van der Waals surface area contributed by atoms with Gasteiger partial charge in [-0.1, -0.05) is 6.92 Å². The highest BCUT2D eigenvalue weighted by atomic mass is 32.2. The lowest BCUT2D eigenvalue weighted by Crippen LogP contribution is -2.01. The monoisotopic (exact) mass is 196 g/mol. The third-order valence-electron chi connectivity index (χ3n) is 1.69. The van der Waals surface area contributed by atoms with Crippen LogP contribution in [0.5, 0.6) is 0 Å². The van der Waals surface area contributed by atoms with Gasteiger partial charge in [-0.3, -0.25) is 0 Å². The molecule has 0 amide bonds. The summed E-state index contributed by atoms with van der Waals surface area (Å²) in [5.74, 6) is 2.05. The van der Waals surface area contributed by atoms with Crippen molar-refractivity contribution in [2.75, 3.05) is 18.1 Å². The van der Waals surface area contributed by atoms with E-state index in [4.69, 9.17) is 0 Å². The van der Waals surface area contributed by atoms with Gasteiger partial charge >= 0.3 is 0 Å². The number of nitrogens with zero attached hydrogens (tertiary/aromatic N) is 1. The van der Waals surface area contributed by atoms with Crippen LogP contribution in [-0.2, 0) is 5.75 Å². The SMILES string of the molecule is CCCNc1cc(CSC)ccn1. The van der Waals surface area contributed by atoms with E-state index >= 15 is 0 Å². The highest BCUT2D eigenvalue weighted by Gasteiger charge is 1.94. The molecule has 0 aromatic carbocycles. The zero-order valence-corrected chi connectivity index (χ0v) is 9.03. The van der Waals surface area contributed by atoms with Crippen molar-refractivity contribution >= 4 is 17.6 Å². The quantitative estimate of drug-likeness (QED) is 0.784. The van der Waals surface area contributed by atoms with Crippen LogP contribution in [0.15, 0.2) is 18.3 Å². The third-order valence-corrected chi connectivity index (χ3v) is 2.31. The number of rotatable bonds is 5. The number of anilines is 1. The molecule has 2 nitrogen and oxygen atoms in total. The van der Waals surface area contributed by atoms with Gasteiger partial charge in [-0.15, -0.1) is 0 Å². The largest absolute Gasteiger partial charge is 0.370 e. The van der Waals surface area contributed by atoms with Crippen LogP contribution in [0.25, 0.3) is 0 Å². The molecule has 0 radical (unpaired) electrons. The van der Waals surface area contributed by atoms with E-state index in [1.54, 1.807) is 0 Å². The molecule has 3 heteroatoms. The van der Waals surface area contributed by atoms with Gasteiger partial charge in [-0.05, 0) is 30.4 Å². The summed E-state index contributed by atoms with van der Waals surface area (Å²) in [5.41, 5.74) is 1.33. The molecule has 0 atom stereocenters. The average Bonchev–Trinajstić information content (AvgIpc) is 2.16. The molecular formula is C10H16N2S. The number of aromatic nitrogens is 1. The fourth-order valence-electron chi connectivity index (χ4n) is 1.08. The number of pyridine rings is 1. The minimum atomic E-state index is 0.994. The average molecular weight is 196 g/mol. The van der Waals surface area contributed by atoms with Crippen molar-refractivity contribution in [1.82, 2.24) is 4.98 Å². The van der Waals surface area contributed by atoms with Crippen LogP contribution >= 0.6 is 11.8 Å². The van der Waals surface area contributed by atoms with Gasteiger partial charge in [0.05, 0.1) is 0 Å². The van der Waals surface area contributed by atoms with Gasteiger partial charge < -0.3 is 5.32 Å². The Balaban J connectivity index is 2.56. The Morgan fingerprint density at radius 2 is 2.38 bits per heavy atom. The van der Waals surface area contributed by atoms with Gasteiger partial charge in [-0.25, -0.2) is 4.98 Å². The first-order chi connectivity index (χ1) is 6.36. The molecule has 1 aromatic rings. The molecule has 0 aliphatic carbocycles. The van der Waals surface area contributed by atoms with Crippen LogP contribution in [0.3, 0.4) is 0 Å². The molecule has 72 valence electrons. The Kier molecular flexibility index (Phi) is 4.68. The number of thioether (sulfide) groups is 1. The van der Waals surface area contributed by atoms with Gasteiger partial charge in [-0.2, -0.15) is 11.8 Å². The fourth-order valence-corrected chi connectivity index (χ4v) is 1.59. The summed E-state index contributed by atoms with van der Waals surface area (Å²) in [6.07, 6.45) is 5.11. The Morgan fingerprint density at radius 1 is 1.54 bits per heavy atom. The molecule has 0 fully saturated rings. The van der Waals surface area contributed by atoms with Gasteiger partial charge in [0, 0.05) is 18.5 Å². The van der Waals surface area contributed by atoms with Crippen LogP contribution in [-0.4, -0.2) is 17.8 Å². The molecule has 13 heavy (non-hydrogen) atoms. The van der Waals surface area contributed by atoms with E-state index in [1.165, 1.54) is 5.56 Å². The number of hydrogen-bond donors (Lipinski definition) is 1. The van der Waals surface area contributed by atoms with Gasteiger partial charge in [0.2, 0.25) is 0 Å². The van der Waals surface area contributed by atoms with Gasteiger partial charge in [0.25, 0.3) is 0 Å². The molecule has 1 aromatic heterocycles. The molecule has 1 N–H and O–H groups in total. The first kappa shape index (κ1) is 10.4. The van der Waals surface area contributed by atoms with E-state index in [9.17, 15) is 0 Å². The maximum absolute atomic E-state index is 4.24. The topological polar surface area (TPSA) is 24.9 Å². The van der Waals surface area contributed by atoms with E-state index in [-0.39, 0.29) is 0 Å². The lowest BCUT2D eigenvalue weighted by Gasteiger charge is -2.04. The van der Waals surface area contributed by atoms with Crippen molar-refractivity contribution in [3.8, 4) is 0 Å². The van der Waals surface area contributed by atoms with Crippen LogP contribution < -0.4 is 5.32 Å². The van der Waals surface area contributed by atoms with Gasteiger partial charge in [0.1, 0.15) is 5.82 Å². The summed E-state index contributed by atoms with van der Waals surface area (Å²) < 4.78 is 0. The molecule has 0 saturated carbocycles. The molecular weight excluding hydrogens is 180 g/mol. The lowest BCUT2D eigenvalue weighted by atomic mass is 10.3. The highest BCUT2D eigenvalue weighted by Crippen LogP contribution is 2.12. The standard InChI is InChI=1S/C10H16N2S/c1-3-5-11-10-7-9(8-13-2)4-6-12-10/h4,6-7H,3,5,8H2,1-2H3,(H,11,12). The maximum Gasteiger partial charge on any atom is 0.126 e. The summed E-state index contributed by atoms with van der Waals surface area (Å²) in [5, 5.41) is 3.27. The van der Waals surface area contributed by atoms with Crippen molar-refractivity contribution in [3.63, 3.8) is 0 Å². The third kappa shape index (κ3) is 3.68. The Hall–Kier alpha value is -0.700.